The molecule has 1 aliphatic carbocycles. The number of hydrogen-bond acceptors (Lipinski definition) is 8. The van der Waals surface area contributed by atoms with Crippen molar-refractivity contribution in [3.05, 3.63) is 59.6 Å². The second-order valence-corrected chi connectivity index (χ2v) is 10.1. The largest absolute Gasteiger partial charge is 0.480 e. The molecule has 204 valence electrons. The highest BCUT2D eigenvalue weighted by Crippen LogP contribution is 2.45. The average Bonchev–Trinajstić information content (AvgIpc) is 3.47. The number of aromatic nitrogens is 8. The Hall–Kier alpha value is -4.55. The Morgan fingerprint density at radius 1 is 1.07 bits per heavy atom. The summed E-state index contributed by atoms with van der Waals surface area (Å²) >= 11 is 0. The molecule has 1 atom stereocenters. The Morgan fingerprint density at radius 2 is 1.93 bits per heavy atom. The van der Waals surface area contributed by atoms with Crippen molar-refractivity contribution in [1.82, 2.24) is 39.5 Å². The summed E-state index contributed by atoms with van der Waals surface area (Å²) in [4.78, 5) is 29.3. The molecular weight excluding hydrogens is 525 g/mol. The first-order valence-electron chi connectivity index (χ1n) is 12.8. The van der Waals surface area contributed by atoms with E-state index in [0.29, 0.717) is 58.0 Å². The minimum Gasteiger partial charge on any atom is -0.480 e. The topological polar surface area (TPSA) is 117 Å². The molecule has 1 N–H and O–H groups in total. The Labute approximate surface area is 225 Å². The average molecular weight is 549 g/mol. The number of fused-ring (bicyclic) bond motifs is 4. The number of imidazole rings is 2. The zero-order valence-corrected chi connectivity index (χ0v) is 21.5. The van der Waals surface area contributed by atoms with Crippen LogP contribution in [0.15, 0.2) is 37.1 Å². The molecule has 1 fully saturated rings. The monoisotopic (exact) mass is 548 g/mol. The summed E-state index contributed by atoms with van der Waals surface area (Å²) in [6, 6.07) is 5.40. The molecule has 1 unspecified atom stereocenters. The van der Waals surface area contributed by atoms with Gasteiger partial charge in [-0.05, 0) is 37.3 Å². The highest BCUT2D eigenvalue weighted by Gasteiger charge is 2.37. The third-order valence-corrected chi connectivity index (χ3v) is 7.27. The molecule has 0 radical (unpaired) electrons. The van der Waals surface area contributed by atoms with E-state index in [4.69, 9.17) is 14.5 Å². The van der Waals surface area contributed by atoms with Crippen LogP contribution in [0.3, 0.4) is 0 Å². The lowest BCUT2D eigenvalue weighted by Gasteiger charge is -2.24. The van der Waals surface area contributed by atoms with Crippen LogP contribution >= 0.6 is 0 Å². The Kier molecular flexibility index (Phi) is 5.51. The summed E-state index contributed by atoms with van der Waals surface area (Å²) in [5, 5.41) is 0. The van der Waals surface area contributed by atoms with Gasteiger partial charge in [0.05, 0.1) is 19.1 Å². The number of H-pyrrole nitrogens is 1. The normalized spacial score (nSPS) is 16.6. The molecule has 5 aromatic rings. The van der Waals surface area contributed by atoms with Crippen LogP contribution in [0.1, 0.15) is 54.2 Å². The predicted octanol–water partition coefficient (Wildman–Crippen LogP) is 5.27. The van der Waals surface area contributed by atoms with Crippen molar-refractivity contribution in [3.63, 3.8) is 0 Å². The van der Waals surface area contributed by atoms with Crippen LogP contribution in [-0.4, -0.2) is 46.6 Å². The van der Waals surface area contributed by atoms with Crippen molar-refractivity contribution in [2.45, 2.75) is 50.9 Å². The van der Waals surface area contributed by atoms with Crippen LogP contribution in [0.4, 0.5) is 13.2 Å². The van der Waals surface area contributed by atoms with Crippen molar-refractivity contribution < 1.29 is 22.6 Å². The maximum Gasteiger partial charge on any atom is 0.434 e. The number of nitrogens with zero attached hydrogens (tertiary/aromatic N) is 7. The van der Waals surface area contributed by atoms with Gasteiger partial charge in [-0.2, -0.15) is 18.2 Å². The molecule has 0 saturated heterocycles. The first kappa shape index (κ1) is 24.5. The Morgan fingerprint density at radius 3 is 2.70 bits per heavy atom. The lowest BCUT2D eigenvalue weighted by atomic mass is 9.94. The van der Waals surface area contributed by atoms with Gasteiger partial charge in [-0.15, -0.1) is 0 Å². The van der Waals surface area contributed by atoms with E-state index in [1.807, 2.05) is 19.1 Å². The van der Waals surface area contributed by atoms with Gasteiger partial charge in [0.1, 0.15) is 29.8 Å². The molecule has 4 aromatic heterocycles. The number of halogens is 3. The summed E-state index contributed by atoms with van der Waals surface area (Å²) in [7, 11) is 1.54. The number of alkyl halides is 3. The molecular formula is C27H23F3N8O2. The molecule has 10 nitrogen and oxygen atoms in total. The van der Waals surface area contributed by atoms with Crippen molar-refractivity contribution in [1.29, 1.82) is 0 Å². The number of rotatable bonds is 6. The predicted molar refractivity (Wildman–Crippen MR) is 137 cm³/mol. The molecule has 1 aromatic carbocycles. The maximum absolute atomic E-state index is 13.3. The van der Waals surface area contributed by atoms with E-state index in [1.54, 1.807) is 17.7 Å². The first-order valence-corrected chi connectivity index (χ1v) is 12.8. The fraction of sp³-hybridized carbons (Fsp3) is 0.333. The third-order valence-electron chi connectivity index (χ3n) is 7.27. The number of ether oxygens (including phenoxy) is 2. The number of methoxy groups -OCH3 is 1. The van der Waals surface area contributed by atoms with E-state index in [1.165, 1.54) is 12.7 Å². The maximum atomic E-state index is 13.3. The van der Waals surface area contributed by atoms with Gasteiger partial charge in [0.15, 0.2) is 17.2 Å². The molecule has 0 amide bonds. The van der Waals surface area contributed by atoms with Crippen molar-refractivity contribution in [3.8, 4) is 34.5 Å². The summed E-state index contributed by atoms with van der Waals surface area (Å²) in [6.45, 7) is 2.05. The van der Waals surface area contributed by atoms with Gasteiger partial charge < -0.3 is 19.0 Å². The lowest BCUT2D eigenvalue weighted by Crippen LogP contribution is -2.15. The van der Waals surface area contributed by atoms with Gasteiger partial charge in [-0.3, -0.25) is 0 Å². The van der Waals surface area contributed by atoms with Gasteiger partial charge in [0.2, 0.25) is 11.8 Å². The Bertz CT molecular complexity index is 1760. The molecule has 7 rings (SSSR count). The highest BCUT2D eigenvalue weighted by molar-refractivity contribution is 5.79. The van der Waals surface area contributed by atoms with Gasteiger partial charge in [-0.25, -0.2) is 24.9 Å². The quantitative estimate of drug-likeness (QED) is 0.305. The Balaban J connectivity index is 1.21. The van der Waals surface area contributed by atoms with E-state index in [-0.39, 0.29) is 12.6 Å². The van der Waals surface area contributed by atoms with Crippen molar-refractivity contribution in [2.24, 2.45) is 0 Å². The van der Waals surface area contributed by atoms with Crippen LogP contribution in [0, 0.1) is 0 Å². The van der Waals surface area contributed by atoms with Crippen LogP contribution < -0.4 is 9.47 Å². The van der Waals surface area contributed by atoms with Gasteiger partial charge in [0.25, 0.3) is 0 Å². The fourth-order valence-corrected chi connectivity index (χ4v) is 5.19. The molecule has 5 heterocycles. The van der Waals surface area contributed by atoms with E-state index < -0.39 is 11.9 Å². The standard InChI is InChI=1S/C27H23F3N8O2/c1-13-7-16-8-14(3-6-17(16)24-35-18(9-38(13)24)27(28,29)30)10-40-26-21-23(33-11-32-21)36-22(37-26)19-20(15-4-5-15)31-12-34-25(19)39-2/h3,6,8-9,11-13,15H,4-5,7,10H2,1-2H3,(H,32,33,36,37). The second-order valence-electron chi connectivity index (χ2n) is 10.1. The zero-order chi connectivity index (χ0) is 27.6. The summed E-state index contributed by atoms with van der Waals surface area (Å²) < 4.78 is 53.2. The molecule has 0 spiro atoms. The van der Waals surface area contributed by atoms with E-state index in [0.717, 1.165) is 35.9 Å². The SMILES string of the molecule is COc1ncnc(C2CC2)c1-c1nc(OCc2ccc3c(c2)CC(C)n2cc(C(F)(F)F)nc2-3)c2[nH]cnc2n1. The van der Waals surface area contributed by atoms with Gasteiger partial charge in [-0.1, -0.05) is 18.2 Å². The summed E-state index contributed by atoms with van der Waals surface area (Å²) in [5.74, 6) is 1.67. The molecule has 1 saturated carbocycles. The van der Waals surface area contributed by atoms with Crippen molar-refractivity contribution >= 4 is 11.2 Å². The molecule has 13 heteroatoms. The van der Waals surface area contributed by atoms with Crippen molar-refractivity contribution in [2.75, 3.05) is 7.11 Å². The number of benzene rings is 1. The lowest BCUT2D eigenvalue weighted by molar-refractivity contribution is -0.140. The van der Waals surface area contributed by atoms with E-state index in [2.05, 4.69) is 29.9 Å². The third kappa shape index (κ3) is 4.12. The van der Waals surface area contributed by atoms with Crippen LogP contribution in [0.2, 0.25) is 0 Å². The summed E-state index contributed by atoms with van der Waals surface area (Å²) in [6.07, 6.45) is 2.21. The second kappa shape index (κ2) is 9.00. The molecule has 0 bridgehead atoms. The van der Waals surface area contributed by atoms with Crippen LogP contribution in [-0.2, 0) is 19.2 Å². The molecule has 1 aliphatic heterocycles. The van der Waals surface area contributed by atoms with Crippen LogP contribution in [0.25, 0.3) is 33.9 Å². The smallest absolute Gasteiger partial charge is 0.434 e. The highest BCUT2D eigenvalue weighted by atomic mass is 19.4. The fourth-order valence-electron chi connectivity index (χ4n) is 5.19. The minimum absolute atomic E-state index is 0.167. The molecule has 2 aliphatic rings. The first-order chi connectivity index (χ1) is 19.3. The number of hydrogen-bond donors (Lipinski definition) is 1. The van der Waals surface area contributed by atoms with E-state index >= 15 is 0 Å². The van der Waals surface area contributed by atoms with Crippen LogP contribution in [0.5, 0.6) is 11.8 Å². The minimum atomic E-state index is -4.50. The van der Waals surface area contributed by atoms with Gasteiger partial charge in [0, 0.05) is 23.7 Å². The van der Waals surface area contributed by atoms with Gasteiger partial charge >= 0.3 is 6.18 Å². The number of aromatic amines is 1. The number of nitrogens with one attached hydrogen (secondary N) is 1. The zero-order valence-electron chi connectivity index (χ0n) is 21.5. The molecule has 40 heavy (non-hydrogen) atoms. The van der Waals surface area contributed by atoms with E-state index in [9.17, 15) is 13.2 Å². The summed E-state index contributed by atoms with van der Waals surface area (Å²) in [5.41, 5.74) is 3.98.